The van der Waals surface area contributed by atoms with E-state index in [9.17, 15) is 4.79 Å². The van der Waals surface area contributed by atoms with Gasteiger partial charge in [0.15, 0.2) is 0 Å². The molecule has 0 fully saturated rings. The Morgan fingerprint density at radius 1 is 1.27 bits per heavy atom. The Morgan fingerprint density at radius 2 is 1.91 bits per heavy atom. The van der Waals surface area contributed by atoms with Gasteiger partial charge in [-0.25, -0.2) is 0 Å². The molecule has 22 heavy (non-hydrogen) atoms. The van der Waals surface area contributed by atoms with Gasteiger partial charge in [0.2, 0.25) is 5.91 Å². The van der Waals surface area contributed by atoms with Crippen molar-refractivity contribution in [1.82, 2.24) is 20.4 Å². The van der Waals surface area contributed by atoms with Crippen LogP contribution < -0.4 is 10.6 Å². The van der Waals surface area contributed by atoms with Crippen molar-refractivity contribution in [3.63, 3.8) is 0 Å². The van der Waals surface area contributed by atoms with Crippen molar-refractivity contribution in [2.24, 2.45) is 5.92 Å². The summed E-state index contributed by atoms with van der Waals surface area (Å²) in [4.78, 5) is 12.1. The molecule has 6 heteroatoms. The maximum atomic E-state index is 12.1. The Morgan fingerprint density at radius 3 is 2.45 bits per heavy atom. The van der Waals surface area contributed by atoms with E-state index in [1.165, 1.54) is 0 Å². The fourth-order valence-corrected chi connectivity index (χ4v) is 2.42. The topological polar surface area (TPSA) is 58.9 Å². The van der Waals surface area contributed by atoms with Crippen LogP contribution in [0.3, 0.4) is 0 Å². The summed E-state index contributed by atoms with van der Waals surface area (Å²) in [5, 5.41) is 10.8. The summed E-state index contributed by atoms with van der Waals surface area (Å²) in [6, 6.07) is 0.296. The molecule has 1 atom stereocenters. The average Bonchev–Trinajstić information content (AvgIpc) is 2.64. The molecule has 1 aromatic heterocycles. The number of rotatable bonds is 8. The molecule has 0 aliphatic heterocycles. The molecule has 1 aromatic rings. The summed E-state index contributed by atoms with van der Waals surface area (Å²) >= 11 is 0. The number of hydrogen-bond acceptors (Lipinski definition) is 3. The van der Waals surface area contributed by atoms with Crippen molar-refractivity contribution in [3.8, 4) is 0 Å². The quantitative estimate of drug-likeness (QED) is 0.768. The van der Waals surface area contributed by atoms with Crippen LogP contribution in [0.1, 0.15) is 44.6 Å². The summed E-state index contributed by atoms with van der Waals surface area (Å²) < 4.78 is 2.02. The molecular weight excluding hydrogens is 300 g/mol. The van der Waals surface area contributed by atoms with E-state index in [2.05, 4.69) is 43.4 Å². The molecule has 128 valence electrons. The van der Waals surface area contributed by atoms with Crippen LogP contribution in [0.5, 0.6) is 0 Å². The van der Waals surface area contributed by atoms with E-state index >= 15 is 0 Å². The number of hydrogen-bond donors (Lipinski definition) is 2. The van der Waals surface area contributed by atoms with E-state index in [4.69, 9.17) is 0 Å². The molecule has 0 aromatic carbocycles. The molecule has 0 aliphatic rings. The number of nitrogens with zero attached hydrogens (tertiary/aromatic N) is 2. The lowest BCUT2D eigenvalue weighted by Crippen LogP contribution is -2.39. The lowest BCUT2D eigenvalue weighted by atomic mass is 10.1. The van der Waals surface area contributed by atoms with E-state index in [0.717, 1.165) is 30.0 Å². The van der Waals surface area contributed by atoms with Gasteiger partial charge in [0.25, 0.3) is 0 Å². The smallest absolute Gasteiger partial charge is 0.224 e. The Kier molecular flexibility index (Phi) is 9.37. The van der Waals surface area contributed by atoms with Crippen molar-refractivity contribution in [2.75, 3.05) is 13.1 Å². The second kappa shape index (κ2) is 9.85. The van der Waals surface area contributed by atoms with Crippen molar-refractivity contribution in [1.29, 1.82) is 0 Å². The summed E-state index contributed by atoms with van der Waals surface area (Å²) in [6.07, 6.45) is 0.411. The number of aromatic nitrogens is 2. The first kappa shape index (κ1) is 20.9. The lowest BCUT2D eigenvalue weighted by Gasteiger charge is -2.13. The van der Waals surface area contributed by atoms with E-state index in [0.29, 0.717) is 24.9 Å². The third-order valence-corrected chi connectivity index (χ3v) is 3.56. The lowest BCUT2D eigenvalue weighted by molar-refractivity contribution is -0.120. The normalized spacial score (nSPS) is 12.1. The minimum atomic E-state index is 0. The predicted molar refractivity (Wildman–Crippen MR) is 93.6 cm³/mol. The highest BCUT2D eigenvalue weighted by atomic mass is 35.5. The molecule has 0 unspecified atom stereocenters. The largest absolute Gasteiger partial charge is 0.354 e. The Labute approximate surface area is 140 Å². The number of carbonyl (C=O) groups excluding carboxylic acids is 1. The molecule has 0 saturated heterocycles. The second-order valence-corrected chi connectivity index (χ2v) is 6.16. The van der Waals surface area contributed by atoms with Gasteiger partial charge in [0, 0.05) is 30.4 Å². The molecule has 0 saturated carbocycles. The van der Waals surface area contributed by atoms with Crippen LogP contribution >= 0.6 is 12.4 Å². The van der Waals surface area contributed by atoms with Gasteiger partial charge >= 0.3 is 0 Å². The highest BCUT2D eigenvalue weighted by Crippen LogP contribution is 2.15. The number of nitrogens with one attached hydrogen (secondary N) is 2. The molecular formula is C16H31ClN4O. The van der Waals surface area contributed by atoms with Crippen LogP contribution in [0.25, 0.3) is 0 Å². The number of halogens is 1. The molecule has 2 N–H and O–H groups in total. The molecule has 0 radical (unpaired) electrons. The third kappa shape index (κ3) is 6.36. The fraction of sp³-hybridized carbons (Fsp3) is 0.750. The minimum Gasteiger partial charge on any atom is -0.354 e. The Hall–Kier alpha value is -1.07. The van der Waals surface area contributed by atoms with Crippen LogP contribution in [0.4, 0.5) is 0 Å². The first-order valence-corrected chi connectivity index (χ1v) is 7.88. The molecule has 1 rings (SSSR count). The van der Waals surface area contributed by atoms with Gasteiger partial charge in [0.1, 0.15) is 0 Å². The van der Waals surface area contributed by atoms with Gasteiger partial charge in [-0.15, -0.1) is 12.4 Å². The summed E-state index contributed by atoms with van der Waals surface area (Å²) in [5.74, 6) is 0.612. The van der Waals surface area contributed by atoms with Gasteiger partial charge < -0.3 is 10.6 Å². The monoisotopic (exact) mass is 330 g/mol. The number of amides is 1. The van der Waals surface area contributed by atoms with Crippen LogP contribution in [0.15, 0.2) is 0 Å². The first-order chi connectivity index (χ1) is 9.85. The maximum Gasteiger partial charge on any atom is 0.224 e. The van der Waals surface area contributed by atoms with E-state index in [-0.39, 0.29) is 18.3 Å². The number of carbonyl (C=O) groups is 1. The fourth-order valence-electron chi connectivity index (χ4n) is 2.42. The zero-order valence-corrected chi connectivity index (χ0v) is 15.5. The summed E-state index contributed by atoms with van der Waals surface area (Å²) in [5.41, 5.74) is 3.13. The predicted octanol–water partition coefficient (Wildman–Crippen LogP) is 2.23. The van der Waals surface area contributed by atoms with Gasteiger partial charge in [-0.3, -0.25) is 9.48 Å². The highest BCUT2D eigenvalue weighted by Gasteiger charge is 2.15. The van der Waals surface area contributed by atoms with Crippen LogP contribution in [-0.2, 0) is 17.8 Å². The zero-order valence-electron chi connectivity index (χ0n) is 14.7. The molecule has 0 bridgehead atoms. The van der Waals surface area contributed by atoms with Gasteiger partial charge in [-0.1, -0.05) is 20.8 Å². The van der Waals surface area contributed by atoms with Gasteiger partial charge in [-0.05, 0) is 33.2 Å². The number of likely N-dealkylation sites (N-methyl/N-ethyl adjacent to an activating group) is 1. The van der Waals surface area contributed by atoms with Crippen LogP contribution in [-0.4, -0.2) is 34.8 Å². The summed E-state index contributed by atoms with van der Waals surface area (Å²) in [6.45, 7) is 15.0. The maximum absolute atomic E-state index is 12.1. The minimum absolute atomic E-state index is 0. The van der Waals surface area contributed by atoms with Crippen LogP contribution in [0.2, 0.25) is 0 Å². The van der Waals surface area contributed by atoms with Crippen molar-refractivity contribution in [2.45, 2.75) is 60.5 Å². The Bertz CT molecular complexity index is 471. The molecule has 1 amide bonds. The van der Waals surface area contributed by atoms with E-state index in [1.54, 1.807) is 0 Å². The molecule has 1 heterocycles. The van der Waals surface area contributed by atoms with Gasteiger partial charge in [-0.2, -0.15) is 5.10 Å². The Balaban J connectivity index is 0.00000441. The third-order valence-electron chi connectivity index (χ3n) is 3.56. The van der Waals surface area contributed by atoms with E-state index < -0.39 is 0 Å². The zero-order chi connectivity index (χ0) is 16.0. The standard InChI is InChI=1S/C16H30N4O.ClH/c1-7-17-12(4)9-18-16(21)8-15-13(5)19-20(14(15)6)10-11(2)3;/h11-12,17H,7-10H2,1-6H3,(H,18,21);1H/t12-;/m1./s1. The first-order valence-electron chi connectivity index (χ1n) is 7.88. The van der Waals surface area contributed by atoms with Crippen molar-refractivity contribution in [3.05, 3.63) is 17.0 Å². The van der Waals surface area contributed by atoms with E-state index in [1.807, 2.05) is 18.5 Å². The summed E-state index contributed by atoms with van der Waals surface area (Å²) in [7, 11) is 0. The van der Waals surface area contributed by atoms with Gasteiger partial charge in [0.05, 0.1) is 12.1 Å². The van der Waals surface area contributed by atoms with Crippen molar-refractivity contribution < 1.29 is 4.79 Å². The molecule has 0 spiro atoms. The van der Waals surface area contributed by atoms with Crippen LogP contribution in [0, 0.1) is 19.8 Å². The highest BCUT2D eigenvalue weighted by molar-refractivity contribution is 5.85. The molecule has 5 nitrogen and oxygen atoms in total. The SMILES string of the molecule is CCN[C@H](C)CNC(=O)Cc1c(C)nn(CC(C)C)c1C.Cl. The second-order valence-electron chi connectivity index (χ2n) is 6.16. The number of aryl methyl sites for hydroxylation is 1. The molecule has 0 aliphatic carbocycles. The van der Waals surface area contributed by atoms with Crippen molar-refractivity contribution >= 4 is 18.3 Å². The average molecular weight is 331 g/mol.